The zero-order valence-corrected chi connectivity index (χ0v) is 11.2. The minimum absolute atomic E-state index is 0.00270. The third-order valence-corrected chi connectivity index (χ3v) is 4.15. The van der Waals surface area contributed by atoms with Gasteiger partial charge in [0.05, 0.1) is 10.9 Å². The average Bonchev–Trinajstić information content (AvgIpc) is 2.75. The van der Waals surface area contributed by atoms with Gasteiger partial charge in [-0.15, -0.1) is 0 Å². The fourth-order valence-corrected chi connectivity index (χ4v) is 2.87. The standard InChI is InChI=1S/C11H13FN4O2S/c1-8(11-13-7-14-16(11)2)15-19(17,18)10-5-3-9(12)4-6-10/h3-8,15H,1-2H3. The lowest BCUT2D eigenvalue weighted by Gasteiger charge is -2.13. The molecule has 1 atom stereocenters. The van der Waals surface area contributed by atoms with Crippen molar-refractivity contribution in [1.82, 2.24) is 19.5 Å². The van der Waals surface area contributed by atoms with Crippen LogP contribution < -0.4 is 4.72 Å². The second-order valence-electron chi connectivity index (χ2n) is 4.04. The molecule has 0 spiro atoms. The van der Waals surface area contributed by atoms with Gasteiger partial charge >= 0.3 is 0 Å². The molecule has 6 nitrogen and oxygen atoms in total. The van der Waals surface area contributed by atoms with E-state index in [2.05, 4.69) is 14.8 Å². The van der Waals surface area contributed by atoms with Crippen LogP contribution in [0.4, 0.5) is 4.39 Å². The van der Waals surface area contributed by atoms with Gasteiger partial charge in [-0.25, -0.2) is 22.5 Å². The first-order valence-corrected chi connectivity index (χ1v) is 7.00. The van der Waals surface area contributed by atoms with E-state index in [0.717, 1.165) is 12.1 Å². The Morgan fingerprint density at radius 3 is 2.47 bits per heavy atom. The number of nitrogens with one attached hydrogen (secondary N) is 1. The second-order valence-corrected chi connectivity index (χ2v) is 5.75. The van der Waals surface area contributed by atoms with Crippen LogP contribution >= 0.6 is 0 Å². The van der Waals surface area contributed by atoms with Gasteiger partial charge < -0.3 is 0 Å². The molecule has 2 aromatic rings. The first kappa shape index (κ1) is 13.6. The predicted molar refractivity (Wildman–Crippen MR) is 66.1 cm³/mol. The van der Waals surface area contributed by atoms with Gasteiger partial charge in [-0.1, -0.05) is 0 Å². The van der Waals surface area contributed by atoms with E-state index in [0.29, 0.717) is 5.82 Å². The molecule has 0 aliphatic heterocycles. The van der Waals surface area contributed by atoms with Crippen LogP contribution in [-0.2, 0) is 17.1 Å². The van der Waals surface area contributed by atoms with Crippen molar-refractivity contribution in [2.75, 3.05) is 0 Å². The van der Waals surface area contributed by atoms with Crippen LogP contribution in [0.3, 0.4) is 0 Å². The zero-order chi connectivity index (χ0) is 14.0. The number of sulfonamides is 1. The van der Waals surface area contributed by atoms with E-state index in [1.54, 1.807) is 14.0 Å². The Labute approximate surface area is 110 Å². The molecule has 1 unspecified atom stereocenters. The van der Waals surface area contributed by atoms with E-state index in [9.17, 15) is 12.8 Å². The third-order valence-electron chi connectivity index (χ3n) is 2.59. The number of halogens is 1. The van der Waals surface area contributed by atoms with E-state index in [1.807, 2.05) is 0 Å². The molecule has 2 rings (SSSR count). The molecule has 102 valence electrons. The van der Waals surface area contributed by atoms with Gasteiger partial charge in [0.25, 0.3) is 0 Å². The van der Waals surface area contributed by atoms with Gasteiger partial charge in [-0.05, 0) is 31.2 Å². The second kappa shape index (κ2) is 5.06. The molecule has 8 heteroatoms. The monoisotopic (exact) mass is 284 g/mol. The minimum Gasteiger partial charge on any atom is -0.252 e. The van der Waals surface area contributed by atoms with Crippen molar-refractivity contribution in [2.24, 2.45) is 7.05 Å². The molecule has 1 aromatic carbocycles. The van der Waals surface area contributed by atoms with E-state index in [-0.39, 0.29) is 4.90 Å². The predicted octanol–water partition coefficient (Wildman–Crippen LogP) is 0.994. The normalized spacial score (nSPS) is 13.4. The number of aromatic nitrogens is 3. The summed E-state index contributed by atoms with van der Waals surface area (Å²) >= 11 is 0. The molecule has 0 saturated carbocycles. The summed E-state index contributed by atoms with van der Waals surface area (Å²) in [6, 6.07) is 4.08. The lowest BCUT2D eigenvalue weighted by molar-refractivity contribution is 0.547. The Balaban J connectivity index is 2.22. The molecular weight excluding hydrogens is 271 g/mol. The third kappa shape index (κ3) is 2.96. The van der Waals surface area contributed by atoms with Gasteiger partial charge in [-0.2, -0.15) is 5.10 Å². The topological polar surface area (TPSA) is 76.9 Å². The molecule has 0 saturated heterocycles. The van der Waals surface area contributed by atoms with E-state index < -0.39 is 21.9 Å². The van der Waals surface area contributed by atoms with Crippen LogP contribution in [0.1, 0.15) is 18.8 Å². The van der Waals surface area contributed by atoms with Gasteiger partial charge in [-0.3, -0.25) is 4.68 Å². The molecular formula is C11H13FN4O2S. The van der Waals surface area contributed by atoms with Gasteiger partial charge in [0, 0.05) is 7.05 Å². The van der Waals surface area contributed by atoms with Crippen LogP contribution in [0.5, 0.6) is 0 Å². The van der Waals surface area contributed by atoms with Crippen molar-refractivity contribution >= 4 is 10.0 Å². The number of benzene rings is 1. The first-order valence-electron chi connectivity index (χ1n) is 5.52. The van der Waals surface area contributed by atoms with E-state index in [1.165, 1.54) is 23.1 Å². The highest BCUT2D eigenvalue weighted by atomic mass is 32.2. The smallest absolute Gasteiger partial charge is 0.241 e. The van der Waals surface area contributed by atoms with Crippen LogP contribution in [0.2, 0.25) is 0 Å². The maximum Gasteiger partial charge on any atom is 0.241 e. The molecule has 0 aliphatic rings. The highest BCUT2D eigenvalue weighted by molar-refractivity contribution is 7.89. The van der Waals surface area contributed by atoms with Crippen molar-refractivity contribution in [2.45, 2.75) is 17.9 Å². The van der Waals surface area contributed by atoms with Crippen molar-refractivity contribution in [1.29, 1.82) is 0 Å². The van der Waals surface area contributed by atoms with Crippen molar-refractivity contribution in [3.8, 4) is 0 Å². The zero-order valence-electron chi connectivity index (χ0n) is 10.4. The highest BCUT2D eigenvalue weighted by Crippen LogP contribution is 2.15. The minimum atomic E-state index is -3.72. The number of rotatable bonds is 4. The van der Waals surface area contributed by atoms with Crippen LogP contribution in [0, 0.1) is 5.82 Å². The van der Waals surface area contributed by atoms with Gasteiger partial charge in [0.1, 0.15) is 18.0 Å². The molecule has 0 fully saturated rings. The summed E-state index contributed by atoms with van der Waals surface area (Å²) in [5.74, 6) is 0.00554. The fraction of sp³-hybridized carbons (Fsp3) is 0.273. The lowest BCUT2D eigenvalue weighted by Crippen LogP contribution is -2.28. The molecule has 1 aromatic heterocycles. The Morgan fingerprint density at radius 1 is 1.32 bits per heavy atom. The van der Waals surface area contributed by atoms with Crippen molar-refractivity contribution in [3.05, 3.63) is 42.2 Å². The Kier molecular flexibility index (Phi) is 3.63. The highest BCUT2D eigenvalue weighted by Gasteiger charge is 2.20. The van der Waals surface area contributed by atoms with E-state index >= 15 is 0 Å². The Bertz CT molecular complexity index is 666. The first-order chi connectivity index (χ1) is 8.90. The number of hydrogen-bond donors (Lipinski definition) is 1. The van der Waals surface area contributed by atoms with Crippen LogP contribution in [0.25, 0.3) is 0 Å². The lowest BCUT2D eigenvalue weighted by atomic mass is 10.3. The van der Waals surface area contributed by atoms with Crippen molar-refractivity contribution in [3.63, 3.8) is 0 Å². The number of hydrogen-bond acceptors (Lipinski definition) is 4. The quantitative estimate of drug-likeness (QED) is 0.908. The number of aryl methyl sites for hydroxylation is 1. The summed E-state index contributed by atoms with van der Waals surface area (Å²) in [6.45, 7) is 1.66. The SMILES string of the molecule is CC(NS(=O)(=O)c1ccc(F)cc1)c1ncnn1C. The Hall–Kier alpha value is -1.80. The largest absolute Gasteiger partial charge is 0.252 e. The summed E-state index contributed by atoms with van der Waals surface area (Å²) in [4.78, 5) is 3.98. The molecule has 0 bridgehead atoms. The summed E-state index contributed by atoms with van der Waals surface area (Å²) in [7, 11) is -2.05. The van der Waals surface area contributed by atoms with Crippen LogP contribution in [0.15, 0.2) is 35.5 Å². The molecule has 1 heterocycles. The average molecular weight is 284 g/mol. The molecule has 0 aliphatic carbocycles. The molecule has 0 amide bonds. The number of nitrogens with zero attached hydrogens (tertiary/aromatic N) is 3. The summed E-state index contributed by atoms with van der Waals surface area (Å²) in [6.07, 6.45) is 1.35. The van der Waals surface area contributed by atoms with Crippen molar-refractivity contribution < 1.29 is 12.8 Å². The molecule has 1 N–H and O–H groups in total. The summed E-state index contributed by atoms with van der Waals surface area (Å²) in [5.41, 5.74) is 0. The summed E-state index contributed by atoms with van der Waals surface area (Å²) < 4.78 is 40.9. The van der Waals surface area contributed by atoms with Gasteiger partial charge in [0.15, 0.2) is 0 Å². The van der Waals surface area contributed by atoms with E-state index in [4.69, 9.17) is 0 Å². The van der Waals surface area contributed by atoms with Gasteiger partial charge in [0.2, 0.25) is 10.0 Å². The maximum atomic E-state index is 12.8. The molecule has 19 heavy (non-hydrogen) atoms. The molecule has 0 radical (unpaired) electrons. The van der Waals surface area contributed by atoms with Crippen LogP contribution in [-0.4, -0.2) is 23.2 Å². The Morgan fingerprint density at radius 2 is 1.95 bits per heavy atom. The fourth-order valence-electron chi connectivity index (χ4n) is 1.66. The maximum absolute atomic E-state index is 12.8. The summed E-state index contributed by atoms with van der Waals surface area (Å²) in [5, 5.41) is 3.87.